The Morgan fingerprint density at radius 3 is 2.34 bits per heavy atom. The summed E-state index contributed by atoms with van der Waals surface area (Å²) in [4.78, 5) is 40.4. The molecule has 35 heavy (non-hydrogen) atoms. The van der Waals surface area contributed by atoms with Gasteiger partial charge in [-0.05, 0) is 55.5 Å². The normalized spacial score (nSPS) is 11.2. The summed E-state index contributed by atoms with van der Waals surface area (Å²) >= 11 is 0. The Hall–Kier alpha value is -4.59. The first kappa shape index (κ1) is 22.2. The molecule has 0 aliphatic heterocycles. The first-order chi connectivity index (χ1) is 16.9. The van der Waals surface area contributed by atoms with Crippen molar-refractivity contribution in [2.24, 2.45) is 7.05 Å². The average molecular weight is 469 g/mol. The third-order valence-electron chi connectivity index (χ3n) is 6.12. The minimum absolute atomic E-state index is 0.262. The van der Waals surface area contributed by atoms with Crippen LogP contribution in [0.5, 0.6) is 5.75 Å². The van der Waals surface area contributed by atoms with Crippen molar-refractivity contribution < 1.29 is 9.53 Å². The van der Waals surface area contributed by atoms with Crippen molar-refractivity contribution in [3.63, 3.8) is 0 Å². The highest BCUT2D eigenvalue weighted by Gasteiger charge is 2.22. The molecule has 1 N–H and O–H groups in total. The number of rotatable bonds is 5. The maximum absolute atomic E-state index is 13.7. The molecule has 0 radical (unpaired) electrons. The number of aromatic nitrogens is 3. The summed E-state index contributed by atoms with van der Waals surface area (Å²) in [6.45, 7) is 1.68. The van der Waals surface area contributed by atoms with Gasteiger partial charge in [0.25, 0.3) is 5.56 Å². The number of carbonyl (C=O) groups is 1. The van der Waals surface area contributed by atoms with Gasteiger partial charge < -0.3 is 14.6 Å². The van der Waals surface area contributed by atoms with Crippen molar-refractivity contribution in [2.75, 3.05) is 12.4 Å². The van der Waals surface area contributed by atoms with Crippen LogP contribution in [0.15, 0.2) is 82.4 Å². The molecule has 5 aromatic rings. The van der Waals surface area contributed by atoms with Crippen LogP contribution in [0, 0.1) is 6.92 Å². The first-order valence-electron chi connectivity index (χ1n) is 11.1. The number of nitrogens with one attached hydrogen (secondary N) is 1. The minimum atomic E-state index is -0.576. The molecule has 8 nitrogen and oxygen atoms in total. The van der Waals surface area contributed by atoms with Gasteiger partial charge in [-0.1, -0.05) is 29.8 Å². The van der Waals surface area contributed by atoms with E-state index in [2.05, 4.69) is 5.32 Å². The number of hydrogen-bond acceptors (Lipinski definition) is 4. The van der Waals surface area contributed by atoms with Gasteiger partial charge in [0.05, 0.1) is 23.8 Å². The number of nitrogens with zero attached hydrogens (tertiary/aromatic N) is 3. The zero-order chi connectivity index (χ0) is 24.7. The van der Waals surface area contributed by atoms with Crippen LogP contribution in [-0.2, 0) is 18.4 Å². The molecular formula is C27H24N4O4. The molecule has 3 aromatic carbocycles. The maximum Gasteiger partial charge on any atom is 0.336 e. The van der Waals surface area contributed by atoms with E-state index in [1.807, 2.05) is 31.2 Å². The monoisotopic (exact) mass is 468 g/mol. The maximum atomic E-state index is 13.7. The van der Waals surface area contributed by atoms with Crippen LogP contribution in [0.2, 0.25) is 0 Å². The highest BCUT2D eigenvalue weighted by molar-refractivity contribution is 6.06. The fraction of sp³-hybridized carbons (Fsp3) is 0.148. The second-order valence-corrected chi connectivity index (χ2v) is 8.40. The molecule has 0 aliphatic rings. The zero-order valence-electron chi connectivity index (χ0n) is 19.6. The number of amides is 1. The van der Waals surface area contributed by atoms with Gasteiger partial charge in [-0.3, -0.25) is 14.2 Å². The van der Waals surface area contributed by atoms with Crippen molar-refractivity contribution in [2.45, 2.75) is 13.5 Å². The molecule has 176 valence electrons. The van der Waals surface area contributed by atoms with Crippen molar-refractivity contribution in [3.05, 3.63) is 99.2 Å². The van der Waals surface area contributed by atoms with Crippen molar-refractivity contribution in [3.8, 4) is 11.4 Å². The summed E-state index contributed by atoms with van der Waals surface area (Å²) in [6.07, 6.45) is 0. The number of hydrogen-bond donors (Lipinski definition) is 1. The Morgan fingerprint density at radius 1 is 0.943 bits per heavy atom. The predicted octanol–water partition coefficient (Wildman–Crippen LogP) is 3.60. The van der Waals surface area contributed by atoms with E-state index in [1.54, 1.807) is 67.3 Å². The number of carbonyl (C=O) groups excluding carboxylic acids is 1. The first-order valence-corrected chi connectivity index (χ1v) is 11.1. The molecule has 0 spiro atoms. The molecule has 0 saturated heterocycles. The van der Waals surface area contributed by atoms with E-state index in [0.29, 0.717) is 28.2 Å². The van der Waals surface area contributed by atoms with Gasteiger partial charge in [0.2, 0.25) is 5.91 Å². The van der Waals surface area contributed by atoms with Gasteiger partial charge >= 0.3 is 5.69 Å². The summed E-state index contributed by atoms with van der Waals surface area (Å²) in [7, 11) is 3.36. The zero-order valence-corrected chi connectivity index (χ0v) is 19.6. The Bertz CT molecular complexity index is 1690. The van der Waals surface area contributed by atoms with E-state index in [9.17, 15) is 14.4 Å². The Balaban J connectivity index is 1.73. The van der Waals surface area contributed by atoms with E-state index >= 15 is 0 Å². The van der Waals surface area contributed by atoms with E-state index in [4.69, 9.17) is 4.74 Å². The number of fused-ring (bicyclic) bond motifs is 3. The van der Waals surface area contributed by atoms with Gasteiger partial charge in [0.1, 0.15) is 17.8 Å². The van der Waals surface area contributed by atoms with E-state index in [1.165, 1.54) is 4.57 Å². The second kappa shape index (κ2) is 8.64. The lowest BCUT2D eigenvalue weighted by Crippen LogP contribution is -2.41. The molecule has 0 aliphatic carbocycles. The largest absolute Gasteiger partial charge is 0.497 e. The van der Waals surface area contributed by atoms with Gasteiger partial charge in [-0.15, -0.1) is 0 Å². The average Bonchev–Trinajstić information content (AvgIpc) is 3.14. The van der Waals surface area contributed by atoms with Gasteiger partial charge in [-0.2, -0.15) is 0 Å². The number of benzene rings is 3. The minimum Gasteiger partial charge on any atom is -0.497 e. The molecule has 0 bridgehead atoms. The van der Waals surface area contributed by atoms with Crippen LogP contribution in [0.4, 0.5) is 5.69 Å². The van der Waals surface area contributed by atoms with Crippen molar-refractivity contribution >= 4 is 33.5 Å². The quantitative estimate of drug-likeness (QED) is 0.427. The summed E-state index contributed by atoms with van der Waals surface area (Å²) in [5.74, 6) is 0.281. The number of aryl methyl sites for hydroxylation is 2. The van der Waals surface area contributed by atoms with Gasteiger partial charge in [0, 0.05) is 18.1 Å². The lowest BCUT2D eigenvalue weighted by Gasteiger charge is -2.13. The van der Waals surface area contributed by atoms with E-state index in [0.717, 1.165) is 21.0 Å². The molecule has 8 heteroatoms. The molecule has 0 unspecified atom stereocenters. The molecule has 2 heterocycles. The lowest BCUT2D eigenvalue weighted by molar-refractivity contribution is -0.116. The predicted molar refractivity (Wildman–Crippen MR) is 137 cm³/mol. The molecule has 5 rings (SSSR count). The van der Waals surface area contributed by atoms with Crippen LogP contribution in [0.25, 0.3) is 27.6 Å². The summed E-state index contributed by atoms with van der Waals surface area (Å²) in [6, 6.07) is 21.5. The lowest BCUT2D eigenvalue weighted by atomic mass is 10.1. The SMILES string of the molecule is COc1ccc(NC(=O)Cn2c(=O)n(-c3ccccc3)c(=O)c3c2c2cc(C)ccc2n3C)cc1. The highest BCUT2D eigenvalue weighted by atomic mass is 16.5. The molecule has 0 fully saturated rings. The summed E-state index contributed by atoms with van der Waals surface area (Å²) in [5.41, 5.74) is 2.59. The highest BCUT2D eigenvalue weighted by Crippen LogP contribution is 2.27. The molecule has 0 saturated carbocycles. The Labute approximate surface area is 200 Å². The van der Waals surface area contributed by atoms with Gasteiger partial charge in [0.15, 0.2) is 0 Å². The Kier molecular flexibility index (Phi) is 5.49. The molecule has 0 atom stereocenters. The van der Waals surface area contributed by atoms with E-state index < -0.39 is 11.2 Å². The standard InChI is InChI=1S/C27H24N4O4/c1-17-9-14-22-21(15-17)24-25(29(22)2)26(33)31(19-7-5-4-6-8-19)27(34)30(24)16-23(32)28-18-10-12-20(35-3)13-11-18/h4-15H,16H2,1-3H3,(H,28,32). The van der Waals surface area contributed by atoms with Gasteiger partial charge in [-0.25, -0.2) is 9.36 Å². The van der Waals surface area contributed by atoms with Crippen LogP contribution in [0.1, 0.15) is 5.56 Å². The van der Waals surface area contributed by atoms with E-state index in [-0.39, 0.29) is 12.5 Å². The fourth-order valence-electron chi connectivity index (χ4n) is 4.44. The summed E-state index contributed by atoms with van der Waals surface area (Å²) < 4.78 is 9.44. The third kappa shape index (κ3) is 3.78. The molecule has 1 amide bonds. The molecule has 2 aromatic heterocycles. The smallest absolute Gasteiger partial charge is 0.336 e. The fourth-order valence-corrected chi connectivity index (χ4v) is 4.44. The number of methoxy groups -OCH3 is 1. The Morgan fingerprint density at radius 2 is 1.66 bits per heavy atom. The topological polar surface area (TPSA) is 87.3 Å². The van der Waals surface area contributed by atoms with Crippen LogP contribution < -0.4 is 21.3 Å². The van der Waals surface area contributed by atoms with Crippen LogP contribution in [0.3, 0.4) is 0 Å². The summed E-state index contributed by atoms with van der Waals surface area (Å²) in [5, 5.41) is 3.57. The number of anilines is 1. The van der Waals surface area contributed by atoms with Crippen molar-refractivity contribution in [1.29, 1.82) is 0 Å². The van der Waals surface area contributed by atoms with Crippen LogP contribution in [-0.4, -0.2) is 26.7 Å². The number of ether oxygens (including phenoxy) is 1. The van der Waals surface area contributed by atoms with Crippen LogP contribution >= 0.6 is 0 Å². The number of para-hydroxylation sites is 1. The molecular weight excluding hydrogens is 444 g/mol. The van der Waals surface area contributed by atoms with Crippen molar-refractivity contribution in [1.82, 2.24) is 13.7 Å². The second-order valence-electron chi connectivity index (χ2n) is 8.40. The third-order valence-corrected chi connectivity index (χ3v) is 6.12.